The average Bonchev–Trinajstić information content (AvgIpc) is 3.20. The minimum absolute atomic E-state index is 0. The molecule has 0 spiro atoms. The van der Waals surface area contributed by atoms with Crippen LogP contribution < -0.4 is 15.4 Å². The molecule has 1 heterocycles. The van der Waals surface area contributed by atoms with Crippen molar-refractivity contribution >= 4 is 29.9 Å². The molecule has 0 bridgehead atoms. The number of hydrogen-bond acceptors (Lipinski definition) is 3. The van der Waals surface area contributed by atoms with Crippen LogP contribution >= 0.6 is 24.0 Å². The molecule has 29 heavy (non-hydrogen) atoms. The van der Waals surface area contributed by atoms with Gasteiger partial charge in [-0.15, -0.1) is 24.0 Å². The van der Waals surface area contributed by atoms with Crippen LogP contribution in [0.4, 0.5) is 4.39 Å². The first-order valence-corrected chi connectivity index (χ1v) is 9.13. The van der Waals surface area contributed by atoms with E-state index in [0.29, 0.717) is 19.0 Å². The number of halogens is 2. The van der Waals surface area contributed by atoms with E-state index in [9.17, 15) is 4.39 Å². The van der Waals surface area contributed by atoms with Gasteiger partial charge in [0.2, 0.25) is 0 Å². The number of ether oxygens (including phenoxy) is 1. The maximum atomic E-state index is 13.0. The molecule has 0 atom stereocenters. The molecule has 154 valence electrons. The van der Waals surface area contributed by atoms with Crippen molar-refractivity contribution in [1.82, 2.24) is 20.4 Å². The summed E-state index contributed by atoms with van der Waals surface area (Å²) in [6, 6.07) is 16.0. The average molecular weight is 509 g/mol. The van der Waals surface area contributed by atoms with E-state index in [1.54, 1.807) is 19.2 Å². The number of aliphatic imine (C=N–C) groups is 1. The molecular weight excluding hydrogens is 484 g/mol. The molecule has 2 N–H and O–H groups in total. The lowest BCUT2D eigenvalue weighted by Crippen LogP contribution is -2.36. The zero-order chi connectivity index (χ0) is 19.8. The SMILES string of the molecule is CCNC(=NCc1ccc(F)cc1)NCc1ccn(-c2ccc(OC)cc2)n1.I. The Hall–Kier alpha value is -2.62. The standard InChI is InChI=1S/C21H24FN5O.HI/c1-3-23-21(24-14-16-4-6-17(22)7-5-16)25-15-18-12-13-27(26-18)19-8-10-20(28-2)11-9-19;/h4-13H,3,14-15H2,1-2H3,(H2,23,24,25);1H. The molecular formula is C21H25FIN5O. The Morgan fingerprint density at radius 1 is 1.07 bits per heavy atom. The third-order valence-corrected chi connectivity index (χ3v) is 4.10. The number of benzene rings is 2. The van der Waals surface area contributed by atoms with Crippen molar-refractivity contribution in [2.75, 3.05) is 13.7 Å². The molecule has 0 unspecified atom stereocenters. The minimum Gasteiger partial charge on any atom is -0.497 e. The van der Waals surface area contributed by atoms with Crippen LogP contribution in [0.5, 0.6) is 5.75 Å². The van der Waals surface area contributed by atoms with Gasteiger partial charge in [-0.1, -0.05) is 12.1 Å². The van der Waals surface area contributed by atoms with Crippen molar-refractivity contribution in [3.8, 4) is 11.4 Å². The second-order valence-electron chi connectivity index (χ2n) is 6.12. The molecule has 1 aromatic heterocycles. The zero-order valence-electron chi connectivity index (χ0n) is 16.4. The van der Waals surface area contributed by atoms with Gasteiger partial charge in [-0.3, -0.25) is 0 Å². The van der Waals surface area contributed by atoms with Gasteiger partial charge in [0.1, 0.15) is 11.6 Å². The number of rotatable bonds is 7. The molecule has 0 aliphatic rings. The van der Waals surface area contributed by atoms with Gasteiger partial charge < -0.3 is 15.4 Å². The number of nitrogens with zero attached hydrogens (tertiary/aromatic N) is 3. The lowest BCUT2D eigenvalue weighted by molar-refractivity contribution is 0.414. The molecule has 3 aromatic rings. The molecule has 0 aliphatic heterocycles. The molecule has 0 amide bonds. The Kier molecular flexibility index (Phi) is 8.91. The van der Waals surface area contributed by atoms with E-state index in [2.05, 4.69) is 20.7 Å². The first-order valence-electron chi connectivity index (χ1n) is 9.13. The fourth-order valence-electron chi connectivity index (χ4n) is 2.61. The van der Waals surface area contributed by atoms with Crippen molar-refractivity contribution in [2.45, 2.75) is 20.0 Å². The first-order chi connectivity index (χ1) is 13.7. The van der Waals surface area contributed by atoms with Gasteiger partial charge in [0.15, 0.2) is 5.96 Å². The Morgan fingerprint density at radius 3 is 2.45 bits per heavy atom. The van der Waals surface area contributed by atoms with Crippen molar-refractivity contribution in [1.29, 1.82) is 0 Å². The summed E-state index contributed by atoms with van der Waals surface area (Å²) in [6.07, 6.45) is 1.92. The Labute approximate surface area is 187 Å². The quantitative estimate of drug-likeness (QED) is 0.288. The molecule has 6 nitrogen and oxygen atoms in total. The van der Waals surface area contributed by atoms with Crippen molar-refractivity contribution in [3.63, 3.8) is 0 Å². The van der Waals surface area contributed by atoms with Gasteiger partial charge in [0.05, 0.1) is 31.6 Å². The van der Waals surface area contributed by atoms with E-state index in [0.717, 1.165) is 29.2 Å². The summed E-state index contributed by atoms with van der Waals surface area (Å²) in [5, 5.41) is 11.1. The summed E-state index contributed by atoms with van der Waals surface area (Å²) in [7, 11) is 1.65. The van der Waals surface area contributed by atoms with Crippen molar-refractivity contribution in [3.05, 3.63) is 77.9 Å². The van der Waals surface area contributed by atoms with E-state index in [1.165, 1.54) is 12.1 Å². The van der Waals surface area contributed by atoms with Crippen molar-refractivity contribution in [2.24, 2.45) is 4.99 Å². The molecule has 2 aromatic carbocycles. The summed E-state index contributed by atoms with van der Waals surface area (Å²) < 4.78 is 20.0. The highest BCUT2D eigenvalue weighted by molar-refractivity contribution is 14.0. The summed E-state index contributed by atoms with van der Waals surface area (Å²) in [5.74, 6) is 1.25. The van der Waals surface area contributed by atoms with Crippen LogP contribution in [0.2, 0.25) is 0 Å². The second-order valence-corrected chi connectivity index (χ2v) is 6.12. The topological polar surface area (TPSA) is 63.5 Å². The lowest BCUT2D eigenvalue weighted by atomic mass is 10.2. The highest BCUT2D eigenvalue weighted by Crippen LogP contribution is 2.14. The van der Waals surface area contributed by atoms with E-state index in [-0.39, 0.29) is 29.8 Å². The molecule has 0 aliphatic carbocycles. The molecule has 3 rings (SSSR count). The number of aromatic nitrogens is 2. The van der Waals surface area contributed by atoms with Gasteiger partial charge in [-0.05, 0) is 55.0 Å². The van der Waals surface area contributed by atoms with E-state index in [4.69, 9.17) is 4.74 Å². The van der Waals surface area contributed by atoms with E-state index < -0.39 is 0 Å². The normalized spacial score (nSPS) is 10.9. The maximum Gasteiger partial charge on any atom is 0.191 e. The third-order valence-electron chi connectivity index (χ3n) is 4.10. The van der Waals surface area contributed by atoms with Gasteiger partial charge >= 0.3 is 0 Å². The number of nitrogens with one attached hydrogen (secondary N) is 2. The summed E-state index contributed by atoms with van der Waals surface area (Å²) in [5.41, 5.74) is 2.80. The monoisotopic (exact) mass is 509 g/mol. The number of methoxy groups -OCH3 is 1. The van der Waals surface area contributed by atoms with E-state index in [1.807, 2.05) is 48.1 Å². The Morgan fingerprint density at radius 2 is 1.79 bits per heavy atom. The number of hydrogen-bond donors (Lipinski definition) is 2. The number of guanidine groups is 1. The smallest absolute Gasteiger partial charge is 0.191 e. The largest absolute Gasteiger partial charge is 0.497 e. The van der Waals surface area contributed by atoms with E-state index >= 15 is 0 Å². The van der Waals surface area contributed by atoms with Gasteiger partial charge in [0, 0.05) is 12.7 Å². The molecule has 0 saturated heterocycles. The van der Waals surface area contributed by atoms with Crippen LogP contribution in [-0.2, 0) is 13.1 Å². The van der Waals surface area contributed by atoms with Crippen LogP contribution in [0.1, 0.15) is 18.2 Å². The summed E-state index contributed by atoms with van der Waals surface area (Å²) in [6.45, 7) is 3.76. The predicted molar refractivity (Wildman–Crippen MR) is 124 cm³/mol. The van der Waals surface area contributed by atoms with Crippen LogP contribution in [-0.4, -0.2) is 29.4 Å². The van der Waals surface area contributed by atoms with Crippen LogP contribution in [0.15, 0.2) is 65.8 Å². The fraction of sp³-hybridized carbons (Fsp3) is 0.238. The summed E-state index contributed by atoms with van der Waals surface area (Å²) >= 11 is 0. The van der Waals surface area contributed by atoms with Gasteiger partial charge in [-0.2, -0.15) is 5.10 Å². The van der Waals surface area contributed by atoms with Gasteiger partial charge in [-0.25, -0.2) is 14.1 Å². The first kappa shape index (κ1) is 22.7. The van der Waals surface area contributed by atoms with Gasteiger partial charge in [0.25, 0.3) is 0 Å². The van der Waals surface area contributed by atoms with Crippen LogP contribution in [0.25, 0.3) is 5.69 Å². The molecule has 0 fully saturated rings. The molecule has 0 radical (unpaired) electrons. The second kappa shape index (κ2) is 11.4. The Balaban J connectivity index is 0.00000300. The predicted octanol–water partition coefficient (Wildman–Crippen LogP) is 3.89. The van der Waals surface area contributed by atoms with Crippen LogP contribution in [0, 0.1) is 5.82 Å². The minimum atomic E-state index is -0.245. The van der Waals surface area contributed by atoms with Crippen molar-refractivity contribution < 1.29 is 9.13 Å². The molecule has 8 heteroatoms. The third kappa shape index (κ3) is 6.74. The lowest BCUT2D eigenvalue weighted by Gasteiger charge is -2.10. The summed E-state index contributed by atoms with van der Waals surface area (Å²) in [4.78, 5) is 4.54. The van der Waals surface area contributed by atoms with Crippen LogP contribution in [0.3, 0.4) is 0 Å². The fourth-order valence-corrected chi connectivity index (χ4v) is 2.61. The highest BCUT2D eigenvalue weighted by atomic mass is 127. The molecule has 0 saturated carbocycles. The zero-order valence-corrected chi connectivity index (χ0v) is 18.8. The highest BCUT2D eigenvalue weighted by Gasteiger charge is 2.04. The Bertz CT molecular complexity index is 910. The maximum absolute atomic E-state index is 13.0.